The highest BCUT2D eigenvalue weighted by Crippen LogP contribution is 2.35. The number of para-hydroxylation sites is 1. The minimum Gasteiger partial charge on any atom is -0.379 e. The zero-order valence-electron chi connectivity index (χ0n) is 15.5. The summed E-state index contributed by atoms with van der Waals surface area (Å²) < 4.78 is 71.5. The van der Waals surface area contributed by atoms with Crippen LogP contribution in [0.2, 0.25) is 0 Å². The van der Waals surface area contributed by atoms with Gasteiger partial charge in [-0.1, -0.05) is 18.2 Å². The Balaban J connectivity index is 1.92. The van der Waals surface area contributed by atoms with Crippen LogP contribution < -0.4 is 5.32 Å². The Labute approximate surface area is 166 Å². The first-order chi connectivity index (χ1) is 13.6. The second-order valence-electron chi connectivity index (χ2n) is 6.49. The van der Waals surface area contributed by atoms with Crippen molar-refractivity contribution in [3.8, 4) is 0 Å². The van der Waals surface area contributed by atoms with Crippen molar-refractivity contribution in [2.75, 3.05) is 31.6 Å². The standard InChI is InChI=1S/C19H19F3N2O4S/c1-13-6-7-14(29(26,27)24-8-10-28-11-9-24)12-15(13)18(25)23-17-5-3-2-4-16(17)19(20,21)22/h2-7,12H,8-11H2,1H3,(H,23,25). The molecule has 3 rings (SSSR count). The minimum absolute atomic E-state index is 0.0173. The fraction of sp³-hybridized carbons (Fsp3) is 0.316. The van der Waals surface area contributed by atoms with Gasteiger partial charge in [-0.2, -0.15) is 17.5 Å². The summed E-state index contributed by atoms with van der Waals surface area (Å²) in [6, 6.07) is 8.62. The number of alkyl halides is 3. The number of nitrogens with one attached hydrogen (secondary N) is 1. The number of ether oxygens (including phenoxy) is 1. The van der Waals surface area contributed by atoms with Gasteiger partial charge >= 0.3 is 6.18 Å². The van der Waals surface area contributed by atoms with E-state index >= 15 is 0 Å². The molecule has 0 aromatic heterocycles. The summed E-state index contributed by atoms with van der Waals surface area (Å²) in [5.41, 5.74) is -0.960. The van der Waals surface area contributed by atoms with E-state index in [4.69, 9.17) is 4.74 Å². The molecule has 156 valence electrons. The molecule has 1 heterocycles. The van der Waals surface area contributed by atoms with E-state index in [-0.39, 0.29) is 36.8 Å². The summed E-state index contributed by atoms with van der Waals surface area (Å²) in [6.45, 7) is 2.50. The van der Waals surface area contributed by atoms with Crippen LogP contribution >= 0.6 is 0 Å². The molecule has 2 aromatic carbocycles. The lowest BCUT2D eigenvalue weighted by molar-refractivity contribution is -0.136. The largest absolute Gasteiger partial charge is 0.418 e. The lowest BCUT2D eigenvalue weighted by Gasteiger charge is -2.26. The Morgan fingerprint density at radius 2 is 1.76 bits per heavy atom. The van der Waals surface area contributed by atoms with Crippen LogP contribution in [-0.4, -0.2) is 44.9 Å². The molecule has 29 heavy (non-hydrogen) atoms. The SMILES string of the molecule is Cc1ccc(S(=O)(=O)N2CCOCC2)cc1C(=O)Nc1ccccc1C(F)(F)F. The number of amides is 1. The van der Waals surface area contributed by atoms with E-state index in [2.05, 4.69) is 5.32 Å². The fourth-order valence-electron chi connectivity index (χ4n) is 2.97. The summed E-state index contributed by atoms with van der Waals surface area (Å²) >= 11 is 0. The first-order valence-electron chi connectivity index (χ1n) is 8.77. The zero-order valence-corrected chi connectivity index (χ0v) is 16.3. The normalized spacial score (nSPS) is 15.9. The van der Waals surface area contributed by atoms with Crippen LogP contribution in [0.3, 0.4) is 0 Å². The quantitative estimate of drug-likeness (QED) is 0.811. The van der Waals surface area contributed by atoms with Gasteiger partial charge in [-0.25, -0.2) is 8.42 Å². The van der Waals surface area contributed by atoms with Crippen LogP contribution in [0.1, 0.15) is 21.5 Å². The topological polar surface area (TPSA) is 75.7 Å². The Bertz CT molecular complexity index is 1020. The van der Waals surface area contributed by atoms with Gasteiger partial charge < -0.3 is 10.1 Å². The maximum Gasteiger partial charge on any atom is 0.418 e. The third-order valence-electron chi connectivity index (χ3n) is 4.54. The van der Waals surface area contributed by atoms with Gasteiger partial charge in [0.1, 0.15) is 0 Å². The average Bonchev–Trinajstić information content (AvgIpc) is 2.68. The Morgan fingerprint density at radius 1 is 1.10 bits per heavy atom. The molecule has 1 aliphatic heterocycles. The van der Waals surface area contributed by atoms with E-state index in [1.807, 2.05) is 0 Å². The van der Waals surface area contributed by atoms with Crippen molar-refractivity contribution in [1.29, 1.82) is 0 Å². The zero-order chi connectivity index (χ0) is 21.2. The lowest BCUT2D eigenvalue weighted by Crippen LogP contribution is -2.40. The number of sulfonamides is 1. The summed E-state index contributed by atoms with van der Waals surface area (Å²) in [6.07, 6.45) is -4.64. The molecule has 1 amide bonds. The first-order valence-corrected chi connectivity index (χ1v) is 10.2. The van der Waals surface area contributed by atoms with Gasteiger partial charge in [0.25, 0.3) is 5.91 Å². The van der Waals surface area contributed by atoms with Crippen molar-refractivity contribution >= 4 is 21.6 Å². The van der Waals surface area contributed by atoms with Crippen LogP contribution in [0.15, 0.2) is 47.4 Å². The molecular weight excluding hydrogens is 409 g/mol. The van der Waals surface area contributed by atoms with E-state index in [1.54, 1.807) is 6.92 Å². The third-order valence-corrected chi connectivity index (χ3v) is 6.44. The smallest absolute Gasteiger partial charge is 0.379 e. The highest BCUT2D eigenvalue weighted by molar-refractivity contribution is 7.89. The minimum atomic E-state index is -4.64. The molecule has 0 aliphatic carbocycles. The summed E-state index contributed by atoms with van der Waals surface area (Å²) in [7, 11) is -3.85. The molecule has 6 nitrogen and oxygen atoms in total. The number of hydrogen-bond donors (Lipinski definition) is 1. The monoisotopic (exact) mass is 428 g/mol. The number of aryl methyl sites for hydroxylation is 1. The number of halogens is 3. The Kier molecular flexibility index (Phi) is 5.97. The number of benzene rings is 2. The summed E-state index contributed by atoms with van der Waals surface area (Å²) in [5, 5.41) is 2.25. The van der Waals surface area contributed by atoms with Crippen LogP contribution in [-0.2, 0) is 20.9 Å². The van der Waals surface area contributed by atoms with Crippen molar-refractivity contribution in [3.63, 3.8) is 0 Å². The van der Waals surface area contributed by atoms with Crippen molar-refractivity contribution in [3.05, 3.63) is 59.2 Å². The van der Waals surface area contributed by atoms with E-state index in [0.717, 1.165) is 12.1 Å². The van der Waals surface area contributed by atoms with Crippen LogP contribution in [0.5, 0.6) is 0 Å². The predicted octanol–water partition coefficient (Wildman–Crippen LogP) is 3.29. The van der Waals surface area contributed by atoms with Gasteiger partial charge in [0, 0.05) is 18.7 Å². The maximum absolute atomic E-state index is 13.2. The van der Waals surface area contributed by atoms with E-state index in [0.29, 0.717) is 5.56 Å². The number of carbonyl (C=O) groups is 1. The molecule has 0 saturated carbocycles. The van der Waals surface area contributed by atoms with Gasteiger partial charge in [0.15, 0.2) is 0 Å². The van der Waals surface area contributed by atoms with E-state index in [1.165, 1.54) is 34.6 Å². The third kappa shape index (κ3) is 4.60. The average molecular weight is 428 g/mol. The van der Waals surface area contributed by atoms with Gasteiger partial charge in [0.2, 0.25) is 10.0 Å². The van der Waals surface area contributed by atoms with Crippen LogP contribution in [0.25, 0.3) is 0 Å². The Morgan fingerprint density at radius 3 is 2.41 bits per heavy atom. The van der Waals surface area contributed by atoms with Gasteiger partial charge in [-0.15, -0.1) is 0 Å². The molecule has 0 bridgehead atoms. The summed E-state index contributed by atoms with van der Waals surface area (Å²) in [5.74, 6) is -0.821. The number of morpholine rings is 1. The lowest BCUT2D eigenvalue weighted by atomic mass is 10.1. The highest BCUT2D eigenvalue weighted by Gasteiger charge is 2.34. The molecule has 0 spiro atoms. The summed E-state index contributed by atoms with van der Waals surface area (Å²) in [4.78, 5) is 12.6. The van der Waals surface area contributed by atoms with Gasteiger partial charge in [0.05, 0.1) is 29.4 Å². The molecule has 1 saturated heterocycles. The molecule has 0 atom stereocenters. The molecule has 10 heteroatoms. The molecular formula is C19H19F3N2O4S. The number of hydrogen-bond acceptors (Lipinski definition) is 4. The van der Waals surface area contributed by atoms with E-state index in [9.17, 15) is 26.4 Å². The Hall–Kier alpha value is -2.43. The first kappa shape index (κ1) is 21.3. The van der Waals surface area contributed by atoms with Crippen LogP contribution in [0, 0.1) is 6.92 Å². The van der Waals surface area contributed by atoms with Crippen molar-refractivity contribution < 1.29 is 31.1 Å². The second kappa shape index (κ2) is 8.13. The van der Waals surface area contributed by atoms with Crippen molar-refractivity contribution in [1.82, 2.24) is 4.31 Å². The maximum atomic E-state index is 13.2. The van der Waals surface area contributed by atoms with Crippen molar-refractivity contribution in [2.45, 2.75) is 18.0 Å². The van der Waals surface area contributed by atoms with E-state index < -0.39 is 33.4 Å². The van der Waals surface area contributed by atoms with Crippen molar-refractivity contribution in [2.24, 2.45) is 0 Å². The molecule has 1 fully saturated rings. The molecule has 0 radical (unpaired) electrons. The molecule has 1 N–H and O–H groups in total. The molecule has 0 unspecified atom stereocenters. The van der Waals surface area contributed by atoms with Gasteiger partial charge in [-0.05, 0) is 36.8 Å². The van der Waals surface area contributed by atoms with Gasteiger partial charge in [-0.3, -0.25) is 4.79 Å². The highest BCUT2D eigenvalue weighted by atomic mass is 32.2. The van der Waals surface area contributed by atoms with Crippen LogP contribution in [0.4, 0.5) is 18.9 Å². The number of anilines is 1. The second-order valence-corrected chi connectivity index (χ2v) is 8.43. The number of carbonyl (C=O) groups excluding carboxylic acids is 1. The molecule has 1 aliphatic rings. The predicted molar refractivity (Wildman–Crippen MR) is 100 cm³/mol. The molecule has 2 aromatic rings. The fourth-order valence-corrected chi connectivity index (χ4v) is 4.41. The number of rotatable bonds is 4. The number of nitrogens with zero attached hydrogens (tertiary/aromatic N) is 1.